The van der Waals surface area contributed by atoms with Crippen LogP contribution in [0.15, 0.2) is 0 Å². The Bertz CT molecular complexity index is 294. The molecule has 20 heavy (non-hydrogen) atoms. The van der Waals surface area contributed by atoms with E-state index in [0.717, 1.165) is 0 Å². The van der Waals surface area contributed by atoms with Gasteiger partial charge < -0.3 is 29.2 Å². The summed E-state index contributed by atoms with van der Waals surface area (Å²) in [5, 5.41) is 20.7. The summed E-state index contributed by atoms with van der Waals surface area (Å²) in [6, 6.07) is -0.274. The summed E-state index contributed by atoms with van der Waals surface area (Å²) in [7, 11) is 3.72. The monoisotopic (exact) mass is 284 g/mol. The molecule has 2 aliphatic heterocycles. The molecule has 2 rings (SSSR count). The summed E-state index contributed by atoms with van der Waals surface area (Å²) in [5.41, 5.74) is -1.56. The number of ether oxygens (including phenoxy) is 4. The molecule has 5 unspecified atom stereocenters. The molecule has 2 heterocycles. The highest BCUT2D eigenvalue weighted by Crippen LogP contribution is 2.32. The van der Waals surface area contributed by atoms with Gasteiger partial charge in [-0.05, 0) is 20.8 Å². The third-order valence-corrected chi connectivity index (χ3v) is 3.47. The summed E-state index contributed by atoms with van der Waals surface area (Å²) in [4.78, 5) is 0. The van der Waals surface area contributed by atoms with Gasteiger partial charge in [-0.2, -0.15) is 0 Å². The first-order valence-electron chi connectivity index (χ1n) is 7.03. The van der Waals surface area contributed by atoms with Crippen LogP contribution < -0.4 is 0 Å². The Morgan fingerprint density at radius 3 is 1.90 bits per heavy atom. The van der Waals surface area contributed by atoms with E-state index in [1.165, 1.54) is 0 Å². The SMILES string of the molecule is CC(O)CC(O)(C1OC[B]C(C)O1)C1OC[B]C(C)O1. The van der Waals surface area contributed by atoms with Crippen molar-refractivity contribution in [3.8, 4) is 0 Å². The summed E-state index contributed by atoms with van der Waals surface area (Å²) < 4.78 is 22.3. The summed E-state index contributed by atoms with van der Waals surface area (Å²) >= 11 is 0. The summed E-state index contributed by atoms with van der Waals surface area (Å²) in [6.45, 7) is 6.10. The van der Waals surface area contributed by atoms with Gasteiger partial charge in [-0.1, -0.05) is 0 Å². The molecule has 0 aromatic rings. The zero-order valence-corrected chi connectivity index (χ0v) is 12.2. The predicted octanol–water partition coefficient (Wildman–Crippen LogP) is -0.750. The van der Waals surface area contributed by atoms with Crippen molar-refractivity contribution in [3.05, 3.63) is 0 Å². The molecule has 0 saturated carbocycles. The van der Waals surface area contributed by atoms with Crippen molar-refractivity contribution >= 4 is 14.6 Å². The third kappa shape index (κ3) is 3.75. The molecule has 0 bridgehead atoms. The van der Waals surface area contributed by atoms with Crippen LogP contribution in [-0.4, -0.2) is 74.1 Å². The van der Waals surface area contributed by atoms with Crippen molar-refractivity contribution < 1.29 is 29.2 Å². The fourth-order valence-electron chi connectivity index (χ4n) is 2.44. The van der Waals surface area contributed by atoms with E-state index in [4.69, 9.17) is 18.9 Å². The second kappa shape index (κ2) is 6.77. The quantitative estimate of drug-likeness (QED) is 0.661. The highest BCUT2D eigenvalue weighted by atomic mass is 16.7. The molecule has 0 amide bonds. The van der Waals surface area contributed by atoms with Crippen LogP contribution in [0.4, 0.5) is 0 Å². The number of hydrogen-bond acceptors (Lipinski definition) is 6. The molecule has 2 radical (unpaired) electrons. The summed E-state index contributed by atoms with van der Waals surface area (Å²) in [5.74, 6) is 0. The first-order valence-corrected chi connectivity index (χ1v) is 7.03. The standard InChI is InChI=1S/C12H22B2O6/c1-7(15)4-12(16,10-17-5-13-8(2)19-10)11-18-6-14-9(3)20-11/h7-11,15-16H,4-6H2,1-3H3. The molecule has 2 aliphatic rings. The molecule has 112 valence electrons. The van der Waals surface area contributed by atoms with Crippen LogP contribution in [0.5, 0.6) is 0 Å². The Labute approximate surface area is 121 Å². The van der Waals surface area contributed by atoms with E-state index in [1.54, 1.807) is 6.92 Å². The number of hydrogen-bond donors (Lipinski definition) is 2. The van der Waals surface area contributed by atoms with Crippen LogP contribution in [0.3, 0.4) is 0 Å². The van der Waals surface area contributed by atoms with Gasteiger partial charge in [-0.15, -0.1) is 0 Å². The molecule has 2 fully saturated rings. The Morgan fingerprint density at radius 2 is 1.55 bits per heavy atom. The molecule has 2 N–H and O–H groups in total. The van der Waals surface area contributed by atoms with Crippen molar-refractivity contribution in [1.29, 1.82) is 0 Å². The maximum absolute atomic E-state index is 11.0. The zero-order chi connectivity index (χ0) is 14.8. The van der Waals surface area contributed by atoms with Gasteiger partial charge in [0.25, 0.3) is 0 Å². The molecule has 0 spiro atoms. The van der Waals surface area contributed by atoms with Crippen molar-refractivity contribution in [2.75, 3.05) is 13.0 Å². The zero-order valence-electron chi connectivity index (χ0n) is 12.2. The lowest BCUT2D eigenvalue weighted by Gasteiger charge is -2.46. The van der Waals surface area contributed by atoms with Crippen molar-refractivity contribution in [3.63, 3.8) is 0 Å². The van der Waals surface area contributed by atoms with Crippen LogP contribution in [0.2, 0.25) is 0 Å². The van der Waals surface area contributed by atoms with Gasteiger partial charge in [0.2, 0.25) is 0 Å². The Morgan fingerprint density at radius 1 is 1.10 bits per heavy atom. The van der Waals surface area contributed by atoms with Gasteiger partial charge >= 0.3 is 0 Å². The number of aliphatic hydroxyl groups excluding tert-OH is 1. The van der Waals surface area contributed by atoms with Crippen LogP contribution in [0.1, 0.15) is 27.2 Å². The molecular formula is C12H22B2O6. The van der Waals surface area contributed by atoms with Crippen molar-refractivity contribution in [2.24, 2.45) is 0 Å². The van der Waals surface area contributed by atoms with Crippen LogP contribution in [0, 0.1) is 0 Å². The molecule has 0 aromatic heterocycles. The molecule has 5 atom stereocenters. The van der Waals surface area contributed by atoms with Gasteiger partial charge in [-0.3, -0.25) is 0 Å². The van der Waals surface area contributed by atoms with Gasteiger partial charge in [0.15, 0.2) is 32.7 Å². The second-order valence-electron chi connectivity index (χ2n) is 5.53. The molecule has 6 nitrogen and oxygen atoms in total. The van der Waals surface area contributed by atoms with Gasteiger partial charge in [-0.25, -0.2) is 0 Å². The maximum Gasteiger partial charge on any atom is 0.190 e. The first kappa shape index (κ1) is 16.3. The predicted molar refractivity (Wildman–Crippen MR) is 73.3 cm³/mol. The molecule has 8 heteroatoms. The fraction of sp³-hybridized carbons (Fsp3) is 1.00. The van der Waals surface area contributed by atoms with Crippen molar-refractivity contribution in [2.45, 2.75) is 63.5 Å². The lowest BCUT2D eigenvalue weighted by Crippen LogP contribution is -2.62. The van der Waals surface area contributed by atoms with Gasteiger partial charge in [0, 0.05) is 31.4 Å². The average Bonchev–Trinajstić information content (AvgIpc) is 2.38. The van der Waals surface area contributed by atoms with Crippen molar-refractivity contribution in [1.82, 2.24) is 0 Å². The van der Waals surface area contributed by atoms with Gasteiger partial charge in [0.05, 0.1) is 6.10 Å². The topological polar surface area (TPSA) is 77.4 Å². The van der Waals surface area contributed by atoms with Crippen LogP contribution >= 0.6 is 0 Å². The fourth-order valence-corrected chi connectivity index (χ4v) is 2.44. The Kier molecular flexibility index (Phi) is 5.50. The number of rotatable bonds is 4. The van der Waals surface area contributed by atoms with E-state index in [0.29, 0.717) is 13.0 Å². The Hall–Kier alpha value is -0.110. The highest BCUT2D eigenvalue weighted by Gasteiger charge is 2.51. The molecule has 0 aromatic carbocycles. The Balaban J connectivity index is 2.15. The van der Waals surface area contributed by atoms with E-state index in [2.05, 4.69) is 0 Å². The number of aliphatic hydroxyl groups is 2. The van der Waals surface area contributed by atoms with E-state index in [9.17, 15) is 10.2 Å². The van der Waals surface area contributed by atoms with Crippen LogP contribution in [-0.2, 0) is 18.9 Å². The van der Waals surface area contributed by atoms with E-state index in [-0.39, 0.29) is 18.4 Å². The normalized spacial score (nSPS) is 39.2. The smallest absolute Gasteiger partial charge is 0.190 e. The lowest BCUT2D eigenvalue weighted by molar-refractivity contribution is -0.336. The highest BCUT2D eigenvalue weighted by molar-refractivity contribution is 6.37. The minimum absolute atomic E-state index is 0.0434. The minimum atomic E-state index is -1.56. The van der Waals surface area contributed by atoms with Gasteiger partial charge in [0.1, 0.15) is 0 Å². The average molecular weight is 284 g/mol. The molecule has 2 saturated heterocycles. The van der Waals surface area contributed by atoms with E-state index < -0.39 is 24.3 Å². The minimum Gasteiger partial charge on any atom is -0.393 e. The molecule has 0 aliphatic carbocycles. The molecular weight excluding hydrogens is 262 g/mol. The van der Waals surface area contributed by atoms with Crippen LogP contribution in [0.25, 0.3) is 0 Å². The first-order chi connectivity index (χ1) is 9.41. The second-order valence-corrected chi connectivity index (χ2v) is 5.53. The maximum atomic E-state index is 11.0. The summed E-state index contributed by atoms with van der Waals surface area (Å²) in [6.07, 6.45) is -2.48. The largest absolute Gasteiger partial charge is 0.393 e. The van der Waals surface area contributed by atoms with E-state index >= 15 is 0 Å². The van der Waals surface area contributed by atoms with E-state index in [1.807, 2.05) is 28.4 Å². The third-order valence-electron chi connectivity index (χ3n) is 3.47. The lowest BCUT2D eigenvalue weighted by atomic mass is 9.72.